The first kappa shape index (κ1) is 19.6. The van der Waals surface area contributed by atoms with Crippen LogP contribution in [0.1, 0.15) is 45.1 Å². The van der Waals surface area contributed by atoms with Gasteiger partial charge in [-0.1, -0.05) is 54.5 Å². The average Bonchev–Trinajstić information content (AvgIpc) is 2.58. The third kappa shape index (κ3) is 8.29. The Kier molecular flexibility index (Phi) is 9.16. The zero-order valence-corrected chi connectivity index (χ0v) is 14.3. The molecule has 0 unspecified atom stereocenters. The highest BCUT2D eigenvalue weighted by molar-refractivity contribution is 5.93. The Morgan fingerprint density at radius 3 is 2.46 bits per heavy atom. The van der Waals surface area contributed by atoms with Crippen molar-refractivity contribution in [3.8, 4) is 0 Å². The highest BCUT2D eigenvalue weighted by Gasteiger charge is 2.04. The maximum Gasteiger partial charge on any atom is 0.246 e. The summed E-state index contributed by atoms with van der Waals surface area (Å²) in [4.78, 5) is 22.8. The fraction of sp³-hybridized carbons (Fsp3) is 0.368. The molecule has 0 heterocycles. The molecule has 0 aliphatic heterocycles. The van der Waals surface area contributed by atoms with Crippen LogP contribution >= 0.6 is 0 Å². The highest BCUT2D eigenvalue weighted by atomic mass is 16.5. The van der Waals surface area contributed by atoms with Crippen LogP contribution in [0.15, 0.2) is 47.6 Å². The van der Waals surface area contributed by atoms with E-state index in [0.717, 1.165) is 24.0 Å². The fourth-order valence-electron chi connectivity index (χ4n) is 2.25. The minimum Gasteiger partial charge on any atom is -0.352 e. The van der Waals surface area contributed by atoms with Crippen molar-refractivity contribution >= 4 is 17.9 Å². The Hall–Kier alpha value is -2.40. The molecule has 0 aliphatic rings. The molecule has 5 heteroatoms. The molecular formula is C19H26N2O3. The molecule has 1 aromatic rings. The van der Waals surface area contributed by atoms with Crippen LogP contribution in [0, 0.1) is 0 Å². The van der Waals surface area contributed by atoms with Crippen LogP contribution < -0.4 is 10.8 Å². The smallest absolute Gasteiger partial charge is 0.246 e. The minimum atomic E-state index is -0.376. The first-order valence-electron chi connectivity index (χ1n) is 8.15. The molecule has 0 saturated heterocycles. The molecule has 5 nitrogen and oxygen atoms in total. The van der Waals surface area contributed by atoms with Crippen LogP contribution in [0.5, 0.6) is 0 Å². The lowest BCUT2D eigenvalue weighted by Crippen LogP contribution is -2.25. The van der Waals surface area contributed by atoms with Crippen molar-refractivity contribution in [2.75, 3.05) is 6.54 Å². The minimum absolute atomic E-state index is 0.0797. The quantitative estimate of drug-likeness (QED) is 0.214. The first-order valence-corrected chi connectivity index (χ1v) is 8.15. The lowest BCUT2D eigenvalue weighted by molar-refractivity contribution is -0.129. The number of rotatable bonds is 9. The van der Waals surface area contributed by atoms with Crippen molar-refractivity contribution in [2.24, 2.45) is 0 Å². The number of allylic oxidation sites excluding steroid dienone is 2. The molecule has 1 aromatic carbocycles. The topological polar surface area (TPSA) is 78.4 Å². The van der Waals surface area contributed by atoms with Crippen LogP contribution in [-0.4, -0.2) is 23.6 Å². The summed E-state index contributed by atoms with van der Waals surface area (Å²) in [5, 5.41) is 11.2. The van der Waals surface area contributed by atoms with E-state index in [2.05, 4.69) is 5.32 Å². The van der Waals surface area contributed by atoms with Crippen molar-refractivity contribution < 1.29 is 14.8 Å². The van der Waals surface area contributed by atoms with E-state index in [1.165, 1.54) is 0 Å². The average molecular weight is 330 g/mol. The molecule has 1 rings (SSSR count). The fourth-order valence-corrected chi connectivity index (χ4v) is 2.25. The van der Waals surface area contributed by atoms with Crippen molar-refractivity contribution in [3.63, 3.8) is 0 Å². The van der Waals surface area contributed by atoms with Gasteiger partial charge >= 0.3 is 0 Å². The van der Waals surface area contributed by atoms with E-state index < -0.39 is 0 Å². The van der Waals surface area contributed by atoms with Gasteiger partial charge in [-0.15, -0.1) is 0 Å². The molecule has 0 aliphatic carbocycles. The lowest BCUT2D eigenvalue weighted by Gasteiger charge is -2.06. The molecule has 0 atom stereocenters. The third-order valence-electron chi connectivity index (χ3n) is 3.49. The largest absolute Gasteiger partial charge is 0.352 e. The number of hydroxylamine groups is 1. The molecule has 130 valence electrons. The summed E-state index contributed by atoms with van der Waals surface area (Å²) < 4.78 is 0. The Labute approximate surface area is 143 Å². The second-order valence-corrected chi connectivity index (χ2v) is 5.73. The van der Waals surface area contributed by atoms with Crippen molar-refractivity contribution in [3.05, 3.63) is 53.1 Å². The molecule has 0 spiro atoms. The second kappa shape index (κ2) is 11.2. The number of hydrogen-bond acceptors (Lipinski definition) is 3. The zero-order chi connectivity index (χ0) is 17.8. The van der Waals surface area contributed by atoms with Gasteiger partial charge in [-0.05, 0) is 32.3 Å². The van der Waals surface area contributed by atoms with Gasteiger partial charge in [0.15, 0.2) is 0 Å². The van der Waals surface area contributed by atoms with Gasteiger partial charge in [-0.25, -0.2) is 5.48 Å². The normalized spacial score (nSPS) is 12.0. The van der Waals surface area contributed by atoms with E-state index in [1.54, 1.807) is 12.4 Å². The predicted molar refractivity (Wildman–Crippen MR) is 95.3 cm³/mol. The van der Waals surface area contributed by atoms with Crippen molar-refractivity contribution in [2.45, 2.75) is 39.5 Å². The van der Waals surface area contributed by atoms with Crippen molar-refractivity contribution in [1.82, 2.24) is 10.8 Å². The van der Waals surface area contributed by atoms with Crippen molar-refractivity contribution in [1.29, 1.82) is 0 Å². The lowest BCUT2D eigenvalue weighted by atomic mass is 10.1. The van der Waals surface area contributed by atoms with Gasteiger partial charge in [0, 0.05) is 18.5 Å². The summed E-state index contributed by atoms with van der Waals surface area (Å²) in [6, 6.07) is 9.96. The summed E-state index contributed by atoms with van der Waals surface area (Å²) in [5.74, 6) is -0.456. The summed E-state index contributed by atoms with van der Waals surface area (Å²) >= 11 is 0. The molecule has 0 radical (unpaired) electrons. The summed E-state index contributed by atoms with van der Waals surface area (Å²) in [5.41, 5.74) is 4.39. The van der Waals surface area contributed by atoms with Crippen LogP contribution in [0.3, 0.4) is 0 Å². The predicted octanol–water partition coefficient (Wildman–Crippen LogP) is 3.22. The molecular weight excluding hydrogens is 304 g/mol. The van der Waals surface area contributed by atoms with Gasteiger partial charge in [0.1, 0.15) is 0 Å². The van der Waals surface area contributed by atoms with Gasteiger partial charge in [-0.2, -0.15) is 0 Å². The van der Waals surface area contributed by atoms with Crippen LogP contribution in [0.25, 0.3) is 6.08 Å². The number of nitrogens with one attached hydrogen (secondary N) is 2. The van der Waals surface area contributed by atoms with Gasteiger partial charge in [-0.3, -0.25) is 14.8 Å². The summed E-state index contributed by atoms with van der Waals surface area (Å²) in [7, 11) is 0. The maximum atomic E-state index is 12.0. The zero-order valence-electron chi connectivity index (χ0n) is 14.3. The number of carbonyl (C=O) groups excluding carboxylic acids is 2. The number of amides is 2. The Morgan fingerprint density at radius 1 is 1.08 bits per heavy atom. The van der Waals surface area contributed by atoms with Crippen LogP contribution in [0.4, 0.5) is 0 Å². The SMILES string of the molecule is CC(=C\c1ccccc1)/C=C(\C)C(=O)NCCCCCC(=O)NO. The number of carbonyl (C=O) groups is 2. The Morgan fingerprint density at radius 2 is 1.79 bits per heavy atom. The molecule has 24 heavy (non-hydrogen) atoms. The van der Waals surface area contributed by atoms with Crippen LogP contribution in [-0.2, 0) is 9.59 Å². The number of hydrogen-bond donors (Lipinski definition) is 3. The second-order valence-electron chi connectivity index (χ2n) is 5.73. The number of benzene rings is 1. The maximum absolute atomic E-state index is 12.0. The number of unbranched alkanes of at least 4 members (excludes halogenated alkanes) is 2. The molecule has 2 amide bonds. The molecule has 0 fully saturated rings. The molecule has 0 saturated carbocycles. The first-order chi connectivity index (χ1) is 11.5. The molecule has 0 bridgehead atoms. The summed E-state index contributed by atoms with van der Waals surface area (Å²) in [6.07, 6.45) is 6.51. The van der Waals surface area contributed by atoms with E-state index in [9.17, 15) is 9.59 Å². The van der Waals surface area contributed by atoms with E-state index in [4.69, 9.17) is 5.21 Å². The summed E-state index contributed by atoms with van der Waals surface area (Å²) in [6.45, 7) is 4.34. The van der Waals surface area contributed by atoms with E-state index in [-0.39, 0.29) is 11.8 Å². The highest BCUT2D eigenvalue weighted by Crippen LogP contribution is 2.09. The Balaban J connectivity index is 2.33. The van der Waals surface area contributed by atoms with Gasteiger partial charge in [0.25, 0.3) is 0 Å². The van der Waals surface area contributed by atoms with E-state index >= 15 is 0 Å². The Bertz CT molecular complexity index is 592. The molecule has 0 aromatic heterocycles. The third-order valence-corrected chi connectivity index (χ3v) is 3.49. The standard InChI is InChI=1S/C19H26N2O3/c1-15(14-17-9-5-3-6-10-17)13-16(2)19(23)20-12-8-4-7-11-18(22)21-24/h3,5-6,9-10,13-14,24H,4,7-8,11-12H2,1-2H3,(H,20,23)(H,21,22)/b15-14+,16-13+. The molecule has 3 N–H and O–H groups in total. The van der Waals surface area contributed by atoms with Gasteiger partial charge in [0.2, 0.25) is 11.8 Å². The van der Waals surface area contributed by atoms with Gasteiger partial charge < -0.3 is 5.32 Å². The van der Waals surface area contributed by atoms with E-state index in [1.807, 2.05) is 49.4 Å². The van der Waals surface area contributed by atoms with Gasteiger partial charge in [0.05, 0.1) is 0 Å². The monoisotopic (exact) mass is 330 g/mol. The van der Waals surface area contributed by atoms with E-state index in [0.29, 0.717) is 25.0 Å². The van der Waals surface area contributed by atoms with Crippen LogP contribution in [0.2, 0.25) is 0 Å².